The first-order valence-corrected chi connectivity index (χ1v) is 11.5. The molecule has 184 valence electrons. The summed E-state index contributed by atoms with van der Waals surface area (Å²) < 4.78 is 10.7. The number of nitrogens with zero attached hydrogens (tertiary/aromatic N) is 1. The quantitative estimate of drug-likeness (QED) is 0.134. The smallest absolute Gasteiger partial charge is 0.269 e. The lowest BCUT2D eigenvalue weighted by molar-refractivity contribution is -0.384. The van der Waals surface area contributed by atoms with Crippen molar-refractivity contribution in [2.45, 2.75) is 58.4 Å². The van der Waals surface area contributed by atoms with Gasteiger partial charge in [-0.3, -0.25) is 24.9 Å². The van der Waals surface area contributed by atoms with Crippen LogP contribution < -0.4 is 10.8 Å². The third-order valence-electron chi connectivity index (χ3n) is 6.10. The molecule has 0 heterocycles. The third kappa shape index (κ3) is 9.07. The van der Waals surface area contributed by atoms with Gasteiger partial charge in [-0.2, -0.15) is 0 Å². The summed E-state index contributed by atoms with van der Waals surface area (Å²) in [5.41, 5.74) is 2.35. The highest BCUT2D eigenvalue weighted by Gasteiger charge is 2.29. The molecule has 0 radical (unpaired) electrons. The summed E-state index contributed by atoms with van der Waals surface area (Å²) in [6.45, 7) is 4.76. The van der Waals surface area contributed by atoms with Crippen molar-refractivity contribution in [3.63, 3.8) is 0 Å². The number of carbonyl (C=O) groups is 2. The first kappa shape index (κ1) is 26.7. The van der Waals surface area contributed by atoms with Gasteiger partial charge < -0.3 is 14.8 Å². The molecule has 1 saturated carbocycles. The lowest BCUT2D eigenvalue weighted by Gasteiger charge is -2.29. The number of nitro groups is 1. The van der Waals surface area contributed by atoms with E-state index in [1.807, 2.05) is 6.92 Å². The number of amides is 2. The van der Waals surface area contributed by atoms with Gasteiger partial charge in [-0.05, 0) is 56.9 Å². The molecule has 2 amide bonds. The van der Waals surface area contributed by atoms with Gasteiger partial charge in [0.25, 0.3) is 5.69 Å². The Kier molecular flexibility index (Phi) is 11.2. The number of carbonyl (C=O) groups excluding carboxylic acids is 2. The number of ether oxygens (including phenoxy) is 2. The molecule has 1 aromatic rings. The van der Waals surface area contributed by atoms with E-state index in [0.717, 1.165) is 25.7 Å². The van der Waals surface area contributed by atoms with Crippen LogP contribution in [-0.2, 0) is 25.5 Å². The lowest BCUT2D eigenvalue weighted by Crippen LogP contribution is -2.45. The van der Waals surface area contributed by atoms with Crippen molar-refractivity contribution < 1.29 is 29.2 Å². The fourth-order valence-electron chi connectivity index (χ4n) is 4.10. The molecule has 2 rings (SSSR count). The molecule has 1 fully saturated rings. The average Bonchev–Trinajstić information content (AvgIpc) is 2.81. The molecule has 10 heteroatoms. The number of nitro benzene ring substituents is 1. The monoisotopic (exact) mass is 465 g/mol. The van der Waals surface area contributed by atoms with Crippen molar-refractivity contribution in [3.05, 3.63) is 39.9 Å². The predicted molar refractivity (Wildman–Crippen MR) is 120 cm³/mol. The van der Waals surface area contributed by atoms with Crippen LogP contribution in [0.25, 0.3) is 0 Å². The highest BCUT2D eigenvalue weighted by Crippen LogP contribution is 2.28. The van der Waals surface area contributed by atoms with Gasteiger partial charge in [-0.15, -0.1) is 0 Å². The van der Waals surface area contributed by atoms with E-state index < -0.39 is 22.8 Å². The van der Waals surface area contributed by atoms with Crippen molar-refractivity contribution in [1.29, 1.82) is 0 Å². The molecule has 0 aromatic heterocycles. The summed E-state index contributed by atoms with van der Waals surface area (Å²) in [5.74, 6) is -0.757. The first-order chi connectivity index (χ1) is 15.8. The van der Waals surface area contributed by atoms with E-state index >= 15 is 0 Å². The molecule has 1 aromatic carbocycles. The number of hydrogen-bond donors (Lipinski definition) is 3. The Bertz CT molecular complexity index is 764. The van der Waals surface area contributed by atoms with Gasteiger partial charge in [0.1, 0.15) is 6.79 Å². The lowest BCUT2D eigenvalue weighted by atomic mass is 9.82. The maximum atomic E-state index is 12.9. The van der Waals surface area contributed by atoms with Crippen molar-refractivity contribution in [1.82, 2.24) is 10.8 Å². The summed E-state index contributed by atoms with van der Waals surface area (Å²) in [6.07, 6.45) is 4.16. The van der Waals surface area contributed by atoms with E-state index in [1.165, 1.54) is 12.1 Å². The second-order valence-corrected chi connectivity index (χ2v) is 8.68. The topological polar surface area (TPSA) is 140 Å². The van der Waals surface area contributed by atoms with Gasteiger partial charge in [0.2, 0.25) is 11.8 Å². The highest BCUT2D eigenvalue weighted by atomic mass is 16.7. The highest BCUT2D eigenvalue weighted by molar-refractivity contribution is 5.80. The Labute approximate surface area is 194 Å². The molecule has 10 nitrogen and oxygen atoms in total. The standard InChI is InChI=1S/C23H35N3O7/c1-3-32-15-33-14-20(24-22(27)18-8-4-16(2)5-9-18)13-19(23(28)25-29)12-17-6-10-21(11-7-17)26(30)31/h6-7,10-11,16,18-20,29H,3-5,8-9,12-15H2,1-2H3,(H,24,27)(H,25,28)/t16?,18?,19-,20-/m0/s1. The number of hydroxylamine groups is 1. The molecular formula is C23H35N3O7. The van der Waals surface area contributed by atoms with Crippen molar-refractivity contribution in [2.24, 2.45) is 17.8 Å². The molecule has 3 N–H and O–H groups in total. The van der Waals surface area contributed by atoms with E-state index in [4.69, 9.17) is 9.47 Å². The normalized spacial score (nSPS) is 20.0. The van der Waals surface area contributed by atoms with Crippen LogP contribution in [-0.4, -0.2) is 48.0 Å². The second-order valence-electron chi connectivity index (χ2n) is 8.68. The molecule has 0 saturated heterocycles. The van der Waals surface area contributed by atoms with Crippen LogP contribution in [0.4, 0.5) is 5.69 Å². The van der Waals surface area contributed by atoms with E-state index in [-0.39, 0.29) is 43.8 Å². The minimum atomic E-state index is -0.677. The summed E-state index contributed by atoms with van der Waals surface area (Å²) in [5, 5.41) is 23.1. The maximum Gasteiger partial charge on any atom is 0.269 e. The second kappa shape index (κ2) is 13.9. The van der Waals surface area contributed by atoms with Crippen LogP contribution in [0.3, 0.4) is 0 Å². The summed E-state index contributed by atoms with van der Waals surface area (Å²) in [4.78, 5) is 35.6. The van der Waals surface area contributed by atoms with Gasteiger partial charge >= 0.3 is 0 Å². The van der Waals surface area contributed by atoms with Crippen molar-refractivity contribution in [2.75, 3.05) is 20.0 Å². The van der Waals surface area contributed by atoms with Crippen LogP contribution in [0.1, 0.15) is 51.5 Å². The number of non-ortho nitro benzene ring substituents is 1. The zero-order chi connectivity index (χ0) is 24.2. The minimum absolute atomic E-state index is 0.0434. The summed E-state index contributed by atoms with van der Waals surface area (Å²) in [7, 11) is 0. The first-order valence-electron chi connectivity index (χ1n) is 11.5. The Morgan fingerprint density at radius 3 is 2.42 bits per heavy atom. The van der Waals surface area contributed by atoms with Crippen LogP contribution in [0.2, 0.25) is 0 Å². The Morgan fingerprint density at radius 1 is 1.18 bits per heavy atom. The van der Waals surface area contributed by atoms with Gasteiger partial charge in [0.15, 0.2) is 0 Å². The SMILES string of the molecule is CCOCOC[C@H](C[C@H](Cc1ccc([N+](=O)[O-])cc1)C(=O)NO)NC(=O)C1CCC(C)CC1. The molecule has 0 bridgehead atoms. The molecule has 0 unspecified atom stereocenters. The average molecular weight is 466 g/mol. The molecule has 33 heavy (non-hydrogen) atoms. The number of hydrogen-bond acceptors (Lipinski definition) is 7. The van der Waals surface area contributed by atoms with Crippen LogP contribution in [0.5, 0.6) is 0 Å². The van der Waals surface area contributed by atoms with Gasteiger partial charge in [0, 0.05) is 30.6 Å². The zero-order valence-electron chi connectivity index (χ0n) is 19.3. The van der Waals surface area contributed by atoms with E-state index in [0.29, 0.717) is 18.1 Å². The van der Waals surface area contributed by atoms with Crippen molar-refractivity contribution >= 4 is 17.5 Å². The largest absolute Gasteiger partial charge is 0.356 e. The summed E-state index contributed by atoms with van der Waals surface area (Å²) >= 11 is 0. The Morgan fingerprint density at radius 2 is 1.85 bits per heavy atom. The molecule has 1 aliphatic carbocycles. The van der Waals surface area contributed by atoms with Crippen LogP contribution >= 0.6 is 0 Å². The number of benzene rings is 1. The Balaban J connectivity index is 2.07. The molecule has 0 aliphatic heterocycles. The molecule has 1 aliphatic rings. The number of rotatable bonds is 13. The fraction of sp³-hybridized carbons (Fsp3) is 0.652. The van der Waals surface area contributed by atoms with E-state index in [1.54, 1.807) is 17.6 Å². The predicted octanol–water partition coefficient (Wildman–Crippen LogP) is 2.97. The van der Waals surface area contributed by atoms with E-state index in [2.05, 4.69) is 12.2 Å². The van der Waals surface area contributed by atoms with Gasteiger partial charge in [-0.25, -0.2) is 5.48 Å². The van der Waals surface area contributed by atoms with Gasteiger partial charge in [-0.1, -0.05) is 19.1 Å². The van der Waals surface area contributed by atoms with Crippen LogP contribution in [0, 0.1) is 27.9 Å². The Hall–Kier alpha value is -2.56. The molecule has 0 spiro atoms. The molecule has 2 atom stereocenters. The maximum absolute atomic E-state index is 12.9. The van der Waals surface area contributed by atoms with E-state index in [9.17, 15) is 24.9 Å². The fourth-order valence-corrected chi connectivity index (χ4v) is 4.10. The van der Waals surface area contributed by atoms with Gasteiger partial charge in [0.05, 0.1) is 17.6 Å². The van der Waals surface area contributed by atoms with Crippen molar-refractivity contribution in [3.8, 4) is 0 Å². The minimum Gasteiger partial charge on any atom is -0.356 e. The third-order valence-corrected chi connectivity index (χ3v) is 6.10. The van der Waals surface area contributed by atoms with Crippen LogP contribution in [0.15, 0.2) is 24.3 Å². The number of nitrogens with one attached hydrogen (secondary N) is 2. The summed E-state index contributed by atoms with van der Waals surface area (Å²) in [6, 6.07) is 5.45. The molecular weight excluding hydrogens is 430 g/mol. The zero-order valence-corrected chi connectivity index (χ0v) is 19.3.